The topological polar surface area (TPSA) is 38.5 Å². The fourth-order valence-corrected chi connectivity index (χ4v) is 1.92. The maximum absolute atomic E-state index is 13.2. The lowest BCUT2D eigenvalue weighted by Gasteiger charge is -2.18. The zero-order valence-electron chi connectivity index (χ0n) is 11.4. The van der Waals surface area contributed by atoms with E-state index in [4.69, 9.17) is 10.5 Å². The van der Waals surface area contributed by atoms with Gasteiger partial charge < -0.3 is 15.4 Å². The van der Waals surface area contributed by atoms with Crippen LogP contribution in [0.4, 0.5) is 4.39 Å². The maximum Gasteiger partial charge on any atom is 0.123 e. The summed E-state index contributed by atoms with van der Waals surface area (Å²) in [6.07, 6.45) is 2.05. The lowest BCUT2D eigenvalue weighted by atomic mass is 10.1. The van der Waals surface area contributed by atoms with Crippen molar-refractivity contribution in [3.63, 3.8) is 0 Å². The number of rotatable bonds is 7. The number of hydrogen-bond acceptors (Lipinski definition) is 3. The van der Waals surface area contributed by atoms with Crippen molar-refractivity contribution in [1.82, 2.24) is 4.90 Å². The highest BCUT2D eigenvalue weighted by Gasteiger charge is 2.08. The van der Waals surface area contributed by atoms with Gasteiger partial charge in [-0.05, 0) is 51.6 Å². The van der Waals surface area contributed by atoms with Gasteiger partial charge in [0.05, 0.1) is 7.11 Å². The summed E-state index contributed by atoms with van der Waals surface area (Å²) >= 11 is 0. The van der Waals surface area contributed by atoms with E-state index >= 15 is 0 Å². The number of hydrogen-bond donors (Lipinski definition) is 1. The van der Waals surface area contributed by atoms with Crippen LogP contribution in [0.1, 0.15) is 25.3 Å². The molecule has 1 rings (SSSR count). The van der Waals surface area contributed by atoms with Crippen molar-refractivity contribution >= 4 is 0 Å². The monoisotopic (exact) mass is 254 g/mol. The predicted octanol–water partition coefficient (Wildman–Crippen LogP) is 2.39. The lowest BCUT2D eigenvalue weighted by molar-refractivity contribution is 0.306. The lowest BCUT2D eigenvalue weighted by Crippen LogP contribution is -2.22. The van der Waals surface area contributed by atoms with Crippen LogP contribution in [-0.2, 0) is 6.54 Å². The normalized spacial score (nSPS) is 12.8. The zero-order chi connectivity index (χ0) is 13.5. The first kappa shape index (κ1) is 14.9. The second kappa shape index (κ2) is 7.34. The van der Waals surface area contributed by atoms with Crippen molar-refractivity contribution in [1.29, 1.82) is 0 Å². The molecule has 2 N–H and O–H groups in total. The largest absolute Gasteiger partial charge is 0.496 e. The standard InChI is InChI=1S/C14H23FN2O/c1-11(16)5-4-8-17(2)10-12-9-13(15)6-7-14(12)18-3/h6-7,9,11H,4-5,8,10,16H2,1-3H3. The van der Waals surface area contributed by atoms with Crippen LogP contribution in [0.2, 0.25) is 0 Å². The van der Waals surface area contributed by atoms with Crippen LogP contribution in [0.3, 0.4) is 0 Å². The Hall–Kier alpha value is -1.13. The Morgan fingerprint density at radius 2 is 2.17 bits per heavy atom. The van der Waals surface area contributed by atoms with Crippen LogP contribution in [0, 0.1) is 5.82 Å². The van der Waals surface area contributed by atoms with Crippen molar-refractivity contribution in [2.75, 3.05) is 20.7 Å². The van der Waals surface area contributed by atoms with Gasteiger partial charge in [0, 0.05) is 18.2 Å². The van der Waals surface area contributed by atoms with E-state index in [2.05, 4.69) is 4.90 Å². The zero-order valence-corrected chi connectivity index (χ0v) is 11.4. The van der Waals surface area contributed by atoms with Crippen molar-refractivity contribution < 1.29 is 9.13 Å². The fourth-order valence-electron chi connectivity index (χ4n) is 1.92. The minimum atomic E-state index is -0.227. The molecule has 0 saturated carbocycles. The minimum Gasteiger partial charge on any atom is -0.496 e. The van der Waals surface area contributed by atoms with E-state index < -0.39 is 0 Å². The van der Waals surface area contributed by atoms with Gasteiger partial charge in [-0.2, -0.15) is 0 Å². The number of nitrogens with zero attached hydrogens (tertiary/aromatic N) is 1. The number of benzene rings is 1. The fraction of sp³-hybridized carbons (Fsp3) is 0.571. The quantitative estimate of drug-likeness (QED) is 0.812. The van der Waals surface area contributed by atoms with Gasteiger partial charge in [0.25, 0.3) is 0 Å². The number of nitrogens with two attached hydrogens (primary N) is 1. The Bertz CT molecular complexity index is 369. The smallest absolute Gasteiger partial charge is 0.123 e. The molecule has 0 saturated heterocycles. The number of halogens is 1. The van der Waals surface area contributed by atoms with Crippen molar-refractivity contribution in [3.8, 4) is 5.75 Å². The molecule has 0 amide bonds. The van der Waals surface area contributed by atoms with Gasteiger partial charge in [0.1, 0.15) is 11.6 Å². The van der Waals surface area contributed by atoms with E-state index in [0.717, 1.165) is 30.7 Å². The van der Waals surface area contributed by atoms with E-state index in [1.165, 1.54) is 12.1 Å². The summed E-state index contributed by atoms with van der Waals surface area (Å²) in [5.74, 6) is 0.505. The average molecular weight is 254 g/mol. The SMILES string of the molecule is COc1ccc(F)cc1CN(C)CCCC(C)N. The second-order valence-corrected chi connectivity index (χ2v) is 4.81. The molecule has 0 heterocycles. The molecular formula is C14H23FN2O. The average Bonchev–Trinajstić information content (AvgIpc) is 2.28. The Morgan fingerprint density at radius 1 is 1.44 bits per heavy atom. The first-order chi connectivity index (χ1) is 8.52. The molecule has 0 radical (unpaired) electrons. The summed E-state index contributed by atoms with van der Waals surface area (Å²) in [5.41, 5.74) is 6.58. The molecule has 0 aromatic heterocycles. The molecule has 0 aliphatic heterocycles. The van der Waals surface area contributed by atoms with Gasteiger partial charge in [0.2, 0.25) is 0 Å². The molecule has 3 nitrogen and oxygen atoms in total. The van der Waals surface area contributed by atoms with Gasteiger partial charge in [-0.1, -0.05) is 0 Å². The summed E-state index contributed by atoms with van der Waals surface area (Å²) in [4.78, 5) is 2.15. The molecule has 4 heteroatoms. The van der Waals surface area contributed by atoms with E-state index in [1.807, 2.05) is 14.0 Å². The minimum absolute atomic E-state index is 0.227. The van der Waals surface area contributed by atoms with Crippen LogP contribution in [0.25, 0.3) is 0 Å². The highest BCUT2D eigenvalue weighted by atomic mass is 19.1. The first-order valence-electron chi connectivity index (χ1n) is 6.29. The third kappa shape index (κ3) is 5.02. The van der Waals surface area contributed by atoms with Gasteiger partial charge in [-0.25, -0.2) is 4.39 Å². The molecule has 102 valence electrons. The Labute approximate surface area is 109 Å². The predicted molar refractivity (Wildman–Crippen MR) is 72.2 cm³/mol. The summed E-state index contributed by atoms with van der Waals surface area (Å²) in [5, 5.41) is 0. The molecule has 1 aromatic rings. The first-order valence-corrected chi connectivity index (χ1v) is 6.29. The van der Waals surface area contributed by atoms with Crippen LogP contribution in [0.5, 0.6) is 5.75 Å². The molecule has 0 bridgehead atoms. The molecule has 0 spiro atoms. The van der Waals surface area contributed by atoms with E-state index in [0.29, 0.717) is 6.54 Å². The van der Waals surface area contributed by atoms with Crippen LogP contribution in [-0.4, -0.2) is 31.6 Å². The molecule has 0 aliphatic rings. The summed E-state index contributed by atoms with van der Waals surface area (Å²) < 4.78 is 18.4. The third-order valence-corrected chi connectivity index (χ3v) is 2.88. The van der Waals surface area contributed by atoms with E-state index in [1.54, 1.807) is 13.2 Å². The van der Waals surface area contributed by atoms with E-state index in [9.17, 15) is 4.39 Å². The van der Waals surface area contributed by atoms with Crippen molar-refractivity contribution in [2.45, 2.75) is 32.4 Å². The summed E-state index contributed by atoms with van der Waals surface area (Å²) in [7, 11) is 3.62. The Kier molecular flexibility index (Phi) is 6.09. The number of methoxy groups -OCH3 is 1. The molecule has 18 heavy (non-hydrogen) atoms. The maximum atomic E-state index is 13.2. The molecule has 1 atom stereocenters. The Morgan fingerprint density at radius 3 is 2.78 bits per heavy atom. The van der Waals surface area contributed by atoms with Crippen LogP contribution in [0.15, 0.2) is 18.2 Å². The van der Waals surface area contributed by atoms with Gasteiger partial charge in [0.15, 0.2) is 0 Å². The van der Waals surface area contributed by atoms with Gasteiger partial charge in [-0.3, -0.25) is 0 Å². The van der Waals surface area contributed by atoms with Gasteiger partial charge >= 0.3 is 0 Å². The summed E-state index contributed by atoms with van der Waals surface area (Å²) in [6.45, 7) is 3.64. The molecule has 0 aliphatic carbocycles. The molecule has 1 unspecified atom stereocenters. The number of ether oxygens (including phenoxy) is 1. The van der Waals surface area contributed by atoms with Crippen LogP contribution < -0.4 is 10.5 Å². The third-order valence-electron chi connectivity index (χ3n) is 2.88. The molecular weight excluding hydrogens is 231 g/mol. The highest BCUT2D eigenvalue weighted by Crippen LogP contribution is 2.20. The summed E-state index contributed by atoms with van der Waals surface area (Å²) in [6, 6.07) is 4.85. The molecule has 0 fully saturated rings. The van der Waals surface area contributed by atoms with Crippen molar-refractivity contribution in [2.24, 2.45) is 5.73 Å². The Balaban J connectivity index is 2.52. The molecule has 1 aromatic carbocycles. The van der Waals surface area contributed by atoms with Crippen molar-refractivity contribution in [3.05, 3.63) is 29.6 Å². The van der Waals surface area contributed by atoms with Crippen LogP contribution >= 0.6 is 0 Å². The van der Waals surface area contributed by atoms with Gasteiger partial charge in [-0.15, -0.1) is 0 Å². The second-order valence-electron chi connectivity index (χ2n) is 4.81. The van der Waals surface area contributed by atoms with E-state index in [-0.39, 0.29) is 11.9 Å². The highest BCUT2D eigenvalue weighted by molar-refractivity contribution is 5.33.